The molecule has 2 fully saturated rings. The summed E-state index contributed by atoms with van der Waals surface area (Å²) in [5.74, 6) is 0.479. The van der Waals surface area contributed by atoms with E-state index in [1.165, 1.54) is 25.7 Å². The fraction of sp³-hybridized carbons (Fsp3) is 0.929. The van der Waals surface area contributed by atoms with Crippen LogP contribution in [-0.4, -0.2) is 29.8 Å². The monoisotopic (exact) mass is 223 g/mol. The summed E-state index contributed by atoms with van der Waals surface area (Å²) in [6.45, 7) is 4.73. The summed E-state index contributed by atoms with van der Waals surface area (Å²) in [4.78, 5) is 14.1. The highest BCUT2D eigenvalue weighted by molar-refractivity contribution is 5.85. The third-order valence-electron chi connectivity index (χ3n) is 4.65. The summed E-state index contributed by atoms with van der Waals surface area (Å²) in [5.41, 5.74) is 0.525. The average molecular weight is 223 g/mol. The van der Waals surface area contributed by atoms with E-state index in [2.05, 4.69) is 25.8 Å². The predicted octanol–water partition coefficient (Wildman–Crippen LogP) is 3.01. The standard InChI is InChI=1S/C14H25NO/c1-14(2)9-7-11(8-10-14)15(3)12-5-4-6-13(12)16/h11-12H,4-10H2,1-3H3. The van der Waals surface area contributed by atoms with Crippen molar-refractivity contribution in [3.63, 3.8) is 0 Å². The Balaban J connectivity index is 1.91. The molecule has 2 heteroatoms. The largest absolute Gasteiger partial charge is 0.298 e. The second-order valence-electron chi connectivity index (χ2n) is 6.44. The zero-order valence-corrected chi connectivity index (χ0v) is 11.0. The predicted molar refractivity (Wildman–Crippen MR) is 66.4 cm³/mol. The van der Waals surface area contributed by atoms with Crippen LogP contribution in [0.3, 0.4) is 0 Å². The molecule has 92 valence electrons. The lowest BCUT2D eigenvalue weighted by Gasteiger charge is -2.40. The molecule has 1 atom stereocenters. The third-order valence-corrected chi connectivity index (χ3v) is 4.65. The highest BCUT2D eigenvalue weighted by Crippen LogP contribution is 2.37. The number of rotatable bonds is 2. The maximum absolute atomic E-state index is 11.7. The van der Waals surface area contributed by atoms with Gasteiger partial charge in [-0.2, -0.15) is 0 Å². The topological polar surface area (TPSA) is 20.3 Å². The number of carbonyl (C=O) groups is 1. The molecule has 2 rings (SSSR count). The average Bonchev–Trinajstić information content (AvgIpc) is 2.63. The van der Waals surface area contributed by atoms with E-state index >= 15 is 0 Å². The van der Waals surface area contributed by atoms with Gasteiger partial charge in [-0.3, -0.25) is 9.69 Å². The lowest BCUT2D eigenvalue weighted by atomic mass is 9.75. The van der Waals surface area contributed by atoms with Crippen molar-refractivity contribution in [2.24, 2.45) is 5.41 Å². The highest BCUT2D eigenvalue weighted by Gasteiger charge is 2.35. The molecule has 16 heavy (non-hydrogen) atoms. The number of Topliss-reactive ketones (excluding diaryl/α,β-unsaturated/α-hetero) is 1. The molecule has 0 aromatic carbocycles. The van der Waals surface area contributed by atoms with Crippen molar-refractivity contribution in [1.82, 2.24) is 4.90 Å². The molecule has 0 N–H and O–H groups in total. The Morgan fingerprint density at radius 1 is 1.19 bits per heavy atom. The summed E-state index contributed by atoms with van der Waals surface area (Å²) in [6.07, 6.45) is 8.17. The number of nitrogens with zero attached hydrogens (tertiary/aromatic N) is 1. The molecule has 1 unspecified atom stereocenters. The number of hydrogen-bond acceptors (Lipinski definition) is 2. The van der Waals surface area contributed by atoms with Crippen molar-refractivity contribution in [3.8, 4) is 0 Å². The number of hydrogen-bond donors (Lipinski definition) is 0. The third kappa shape index (κ3) is 2.48. The summed E-state index contributed by atoms with van der Waals surface area (Å²) < 4.78 is 0. The van der Waals surface area contributed by atoms with Gasteiger partial charge >= 0.3 is 0 Å². The second kappa shape index (κ2) is 4.48. The Kier molecular flexibility index (Phi) is 3.39. The van der Waals surface area contributed by atoms with Gasteiger partial charge in [0.1, 0.15) is 5.78 Å². The molecule has 2 aliphatic carbocycles. The van der Waals surface area contributed by atoms with E-state index in [0.717, 1.165) is 19.3 Å². The quantitative estimate of drug-likeness (QED) is 0.717. The van der Waals surface area contributed by atoms with Gasteiger partial charge < -0.3 is 0 Å². The smallest absolute Gasteiger partial charge is 0.149 e. The first-order valence-corrected chi connectivity index (χ1v) is 6.74. The lowest BCUT2D eigenvalue weighted by molar-refractivity contribution is -0.122. The fourth-order valence-corrected chi connectivity index (χ4v) is 3.27. The van der Waals surface area contributed by atoms with Crippen molar-refractivity contribution < 1.29 is 4.79 Å². The molecule has 0 aromatic heterocycles. The van der Waals surface area contributed by atoms with E-state index in [9.17, 15) is 4.79 Å². The van der Waals surface area contributed by atoms with Crippen molar-refractivity contribution in [2.45, 2.75) is 70.9 Å². The van der Waals surface area contributed by atoms with Crippen LogP contribution in [0.1, 0.15) is 58.8 Å². The Labute approximate surface area is 99.4 Å². The van der Waals surface area contributed by atoms with Crippen molar-refractivity contribution in [2.75, 3.05) is 7.05 Å². The van der Waals surface area contributed by atoms with Crippen LogP contribution in [-0.2, 0) is 4.79 Å². The van der Waals surface area contributed by atoms with Gasteiger partial charge in [0, 0.05) is 12.5 Å². The van der Waals surface area contributed by atoms with Crippen molar-refractivity contribution in [1.29, 1.82) is 0 Å². The molecule has 0 radical (unpaired) electrons. The number of carbonyl (C=O) groups excluding carboxylic acids is 1. The SMILES string of the molecule is CN(C1CCC(C)(C)CC1)C1CCCC1=O. The molecule has 0 heterocycles. The Bertz CT molecular complexity index is 262. The van der Waals surface area contributed by atoms with Crippen LogP contribution in [0.5, 0.6) is 0 Å². The maximum Gasteiger partial charge on any atom is 0.149 e. The molecule has 2 nitrogen and oxygen atoms in total. The summed E-state index contributed by atoms with van der Waals surface area (Å²) in [7, 11) is 2.16. The van der Waals surface area contributed by atoms with E-state index in [0.29, 0.717) is 17.2 Å². The Morgan fingerprint density at radius 2 is 1.81 bits per heavy atom. The van der Waals surface area contributed by atoms with Gasteiger partial charge in [-0.05, 0) is 51.0 Å². The van der Waals surface area contributed by atoms with E-state index in [4.69, 9.17) is 0 Å². The van der Waals surface area contributed by atoms with Gasteiger partial charge in [0.25, 0.3) is 0 Å². The molecule has 0 aliphatic heterocycles. The van der Waals surface area contributed by atoms with Gasteiger partial charge in [-0.25, -0.2) is 0 Å². The first-order valence-electron chi connectivity index (χ1n) is 6.74. The summed E-state index contributed by atoms with van der Waals surface area (Å²) >= 11 is 0. The van der Waals surface area contributed by atoms with Crippen molar-refractivity contribution >= 4 is 5.78 Å². The lowest BCUT2D eigenvalue weighted by Crippen LogP contribution is -2.45. The van der Waals surface area contributed by atoms with Gasteiger partial charge in [0.15, 0.2) is 0 Å². The minimum Gasteiger partial charge on any atom is -0.298 e. The van der Waals surface area contributed by atoms with Gasteiger partial charge in [-0.1, -0.05) is 13.8 Å². The van der Waals surface area contributed by atoms with Crippen LogP contribution in [0, 0.1) is 5.41 Å². The molecular formula is C14H25NO. The molecule has 0 spiro atoms. The number of likely N-dealkylation sites (N-methyl/N-ethyl adjacent to an activating group) is 1. The van der Waals surface area contributed by atoms with Gasteiger partial charge in [0.05, 0.1) is 6.04 Å². The Hall–Kier alpha value is -0.370. The second-order valence-corrected chi connectivity index (χ2v) is 6.44. The van der Waals surface area contributed by atoms with Crippen molar-refractivity contribution in [3.05, 3.63) is 0 Å². The molecule has 2 aliphatic rings. The first kappa shape index (κ1) is 12.1. The maximum atomic E-state index is 11.7. The molecule has 0 bridgehead atoms. The van der Waals surface area contributed by atoms with Crippen LogP contribution in [0.4, 0.5) is 0 Å². The molecule has 0 aromatic rings. The van der Waals surface area contributed by atoms with Crippen LogP contribution < -0.4 is 0 Å². The summed E-state index contributed by atoms with van der Waals surface area (Å²) in [6, 6.07) is 0.895. The molecule has 0 amide bonds. The van der Waals surface area contributed by atoms with E-state index in [1.807, 2.05) is 0 Å². The zero-order chi connectivity index (χ0) is 11.8. The minimum absolute atomic E-state index is 0.242. The molecule has 0 saturated heterocycles. The van der Waals surface area contributed by atoms with Gasteiger partial charge in [-0.15, -0.1) is 0 Å². The molecule has 2 saturated carbocycles. The minimum atomic E-state index is 0.242. The number of ketones is 1. The summed E-state index contributed by atoms with van der Waals surface area (Å²) in [5, 5.41) is 0. The van der Waals surface area contributed by atoms with Crippen LogP contribution in [0.2, 0.25) is 0 Å². The van der Waals surface area contributed by atoms with Crippen LogP contribution in [0.25, 0.3) is 0 Å². The van der Waals surface area contributed by atoms with E-state index in [1.54, 1.807) is 0 Å². The highest BCUT2D eigenvalue weighted by atomic mass is 16.1. The van der Waals surface area contributed by atoms with Crippen LogP contribution >= 0.6 is 0 Å². The van der Waals surface area contributed by atoms with Crippen LogP contribution in [0.15, 0.2) is 0 Å². The zero-order valence-electron chi connectivity index (χ0n) is 11.0. The fourth-order valence-electron chi connectivity index (χ4n) is 3.27. The normalized spacial score (nSPS) is 31.2. The van der Waals surface area contributed by atoms with Gasteiger partial charge in [0.2, 0.25) is 0 Å². The van der Waals surface area contributed by atoms with E-state index < -0.39 is 0 Å². The first-order chi connectivity index (χ1) is 7.49. The van der Waals surface area contributed by atoms with E-state index in [-0.39, 0.29) is 6.04 Å². The molecular weight excluding hydrogens is 198 g/mol. The Morgan fingerprint density at radius 3 is 2.31 bits per heavy atom.